The minimum absolute atomic E-state index is 0.203. The van der Waals surface area contributed by atoms with Crippen LogP contribution in [-0.2, 0) is 0 Å². The monoisotopic (exact) mass is 729 g/mol. The van der Waals surface area contributed by atoms with E-state index in [2.05, 4.69) is 207 Å². The molecule has 7 aromatic carbocycles. The number of hydrogen-bond acceptors (Lipinski definition) is 3. The van der Waals surface area contributed by atoms with Gasteiger partial charge in [-0.3, -0.25) is 4.99 Å². The molecule has 3 nitrogen and oxygen atoms in total. The Labute approximate surface area is 333 Å². The second-order valence-electron chi connectivity index (χ2n) is 14.8. The summed E-state index contributed by atoms with van der Waals surface area (Å²) in [6.45, 7) is 2.30. The van der Waals surface area contributed by atoms with E-state index in [1.807, 2.05) is 6.07 Å². The molecule has 0 bridgehead atoms. The third kappa shape index (κ3) is 6.64. The fourth-order valence-electron chi connectivity index (χ4n) is 8.25. The van der Waals surface area contributed by atoms with Gasteiger partial charge in [0.15, 0.2) is 0 Å². The Morgan fingerprint density at radius 2 is 0.965 bits per heavy atom. The summed E-state index contributed by atoms with van der Waals surface area (Å²) in [6, 6.07) is 70.8. The molecule has 1 aliphatic rings. The summed E-state index contributed by atoms with van der Waals surface area (Å²) in [6.07, 6.45) is 2.34. The first-order valence-electron chi connectivity index (χ1n) is 19.6. The second kappa shape index (κ2) is 14.8. The normalized spacial score (nSPS) is 15.3. The van der Waals surface area contributed by atoms with Gasteiger partial charge in [0.05, 0.1) is 33.8 Å². The van der Waals surface area contributed by atoms with Crippen LogP contribution in [0.2, 0.25) is 0 Å². The lowest BCUT2D eigenvalue weighted by Crippen LogP contribution is -2.23. The number of rotatable bonds is 7. The van der Waals surface area contributed by atoms with E-state index >= 15 is 0 Å². The van der Waals surface area contributed by atoms with Gasteiger partial charge in [0, 0.05) is 33.7 Å². The number of benzene rings is 7. The maximum atomic E-state index is 5.32. The zero-order valence-electron chi connectivity index (χ0n) is 31.6. The molecule has 0 saturated carbocycles. The third-order valence-corrected chi connectivity index (χ3v) is 11.3. The SMILES string of the molecule is CC1C(c2cccc(-c3ccc(-c4ccc5ccc6c(-c7ccccc7)cc(-c7ccccc7)nc6c5n4)cc3)c2)=NC(c2ccccc2)=CC1c1ccccc1. The van der Waals surface area contributed by atoms with Gasteiger partial charge in [0.25, 0.3) is 0 Å². The number of nitrogens with zero attached hydrogens (tertiary/aromatic N) is 3. The van der Waals surface area contributed by atoms with Crippen LogP contribution in [0.15, 0.2) is 211 Å². The van der Waals surface area contributed by atoms with E-state index in [9.17, 15) is 0 Å². The zero-order valence-corrected chi connectivity index (χ0v) is 31.6. The summed E-state index contributed by atoms with van der Waals surface area (Å²) in [4.78, 5) is 15.9. The standard InChI is InChI=1S/C54H39N3/c1-36-47(38-15-6-2-7-16-38)34-50(40-19-10-4-11-20-40)56-52(36)45-24-14-23-44(33-45)37-25-27-42(28-26-37)49-32-30-43-29-31-46-48(39-17-8-3-9-18-39)35-51(41-21-12-5-13-22-41)57-54(46)53(43)55-49/h2-36,47H,1H3. The van der Waals surface area contributed by atoms with Crippen LogP contribution >= 0.6 is 0 Å². The fraction of sp³-hybridized carbons (Fsp3) is 0.0556. The first-order chi connectivity index (χ1) is 28.2. The van der Waals surface area contributed by atoms with Gasteiger partial charge in [-0.15, -0.1) is 0 Å². The van der Waals surface area contributed by atoms with Gasteiger partial charge in [-0.05, 0) is 63.2 Å². The Morgan fingerprint density at radius 3 is 1.68 bits per heavy atom. The van der Waals surface area contributed by atoms with Crippen molar-refractivity contribution in [3.63, 3.8) is 0 Å². The second-order valence-corrected chi connectivity index (χ2v) is 14.8. The highest BCUT2D eigenvalue weighted by molar-refractivity contribution is 6.10. The van der Waals surface area contributed by atoms with Gasteiger partial charge in [-0.25, -0.2) is 9.97 Å². The topological polar surface area (TPSA) is 38.1 Å². The number of aliphatic imine (C=N–C) groups is 1. The van der Waals surface area contributed by atoms with Crippen molar-refractivity contribution in [1.29, 1.82) is 0 Å². The van der Waals surface area contributed by atoms with Crippen molar-refractivity contribution in [1.82, 2.24) is 9.97 Å². The molecule has 0 aliphatic carbocycles. The summed E-state index contributed by atoms with van der Waals surface area (Å²) in [7, 11) is 0. The van der Waals surface area contributed by atoms with Crippen LogP contribution in [0.25, 0.3) is 72.3 Å². The molecule has 2 aromatic heterocycles. The Kier molecular flexibility index (Phi) is 8.89. The van der Waals surface area contributed by atoms with E-state index in [-0.39, 0.29) is 11.8 Å². The average Bonchev–Trinajstić information content (AvgIpc) is 3.29. The van der Waals surface area contributed by atoms with Crippen molar-refractivity contribution >= 4 is 33.2 Å². The van der Waals surface area contributed by atoms with Gasteiger partial charge in [-0.2, -0.15) is 0 Å². The van der Waals surface area contributed by atoms with E-state index in [4.69, 9.17) is 15.0 Å². The minimum atomic E-state index is 0.203. The molecule has 3 heterocycles. The summed E-state index contributed by atoms with van der Waals surface area (Å²) in [5, 5.41) is 2.16. The van der Waals surface area contributed by atoms with Crippen LogP contribution in [0.5, 0.6) is 0 Å². The molecule has 0 saturated heterocycles. The van der Waals surface area contributed by atoms with Gasteiger partial charge in [-0.1, -0.05) is 189 Å². The van der Waals surface area contributed by atoms with E-state index in [1.54, 1.807) is 0 Å². The van der Waals surface area contributed by atoms with E-state index in [1.165, 1.54) is 5.56 Å². The molecule has 3 heteroatoms. The Morgan fingerprint density at radius 1 is 0.404 bits per heavy atom. The maximum Gasteiger partial charge on any atom is 0.0978 e. The van der Waals surface area contributed by atoms with Crippen molar-refractivity contribution in [3.8, 4) is 44.8 Å². The van der Waals surface area contributed by atoms with Crippen molar-refractivity contribution in [2.24, 2.45) is 10.9 Å². The molecule has 2 atom stereocenters. The molecule has 57 heavy (non-hydrogen) atoms. The van der Waals surface area contributed by atoms with Crippen molar-refractivity contribution < 1.29 is 0 Å². The summed E-state index contributed by atoms with van der Waals surface area (Å²) in [5.74, 6) is 0.419. The quantitative estimate of drug-likeness (QED) is 0.153. The van der Waals surface area contributed by atoms with Crippen LogP contribution in [0, 0.1) is 5.92 Å². The Hall–Kier alpha value is -7.23. The van der Waals surface area contributed by atoms with Crippen LogP contribution in [0.3, 0.4) is 0 Å². The smallest absolute Gasteiger partial charge is 0.0978 e. The summed E-state index contributed by atoms with van der Waals surface area (Å²) < 4.78 is 0. The molecule has 2 unspecified atom stereocenters. The number of pyridine rings is 2. The maximum absolute atomic E-state index is 5.32. The minimum Gasteiger partial charge on any atom is -0.252 e. The van der Waals surface area contributed by atoms with E-state index in [0.29, 0.717) is 0 Å². The first-order valence-corrected chi connectivity index (χ1v) is 19.6. The number of fused-ring (bicyclic) bond motifs is 3. The molecule has 0 fully saturated rings. The highest BCUT2D eigenvalue weighted by Gasteiger charge is 2.28. The molecule has 9 aromatic rings. The summed E-state index contributed by atoms with van der Waals surface area (Å²) >= 11 is 0. The predicted molar refractivity (Wildman–Crippen MR) is 238 cm³/mol. The van der Waals surface area contributed by atoms with Crippen molar-refractivity contribution in [3.05, 3.63) is 223 Å². The van der Waals surface area contributed by atoms with Crippen LogP contribution in [-0.4, -0.2) is 15.7 Å². The zero-order chi connectivity index (χ0) is 38.1. The van der Waals surface area contributed by atoms with Gasteiger partial charge in [0.1, 0.15) is 0 Å². The molecule has 0 radical (unpaired) electrons. The number of aromatic nitrogens is 2. The molecule has 270 valence electrons. The average molecular weight is 730 g/mol. The number of allylic oxidation sites excluding steroid dienone is 1. The highest BCUT2D eigenvalue weighted by atomic mass is 14.8. The van der Waals surface area contributed by atoms with E-state index < -0.39 is 0 Å². The van der Waals surface area contributed by atoms with Gasteiger partial charge >= 0.3 is 0 Å². The molecule has 1 aliphatic heterocycles. The number of hydrogen-bond donors (Lipinski definition) is 0. The van der Waals surface area contributed by atoms with Crippen LogP contribution in [0.1, 0.15) is 29.5 Å². The molecule has 10 rings (SSSR count). The van der Waals surface area contributed by atoms with Crippen LogP contribution < -0.4 is 0 Å². The third-order valence-electron chi connectivity index (χ3n) is 11.3. The lowest BCUT2D eigenvalue weighted by molar-refractivity contribution is 0.672. The predicted octanol–water partition coefficient (Wildman–Crippen LogP) is 13.7. The molecule has 0 spiro atoms. The lowest BCUT2D eigenvalue weighted by Gasteiger charge is -2.29. The van der Waals surface area contributed by atoms with Crippen molar-refractivity contribution in [2.45, 2.75) is 12.8 Å². The lowest BCUT2D eigenvalue weighted by atomic mass is 9.79. The molecular formula is C54H39N3. The fourth-order valence-corrected chi connectivity index (χ4v) is 8.25. The largest absolute Gasteiger partial charge is 0.252 e. The molecule has 0 amide bonds. The molecule has 0 N–H and O–H groups in total. The highest BCUT2D eigenvalue weighted by Crippen LogP contribution is 2.39. The Balaban J connectivity index is 1.01. The van der Waals surface area contributed by atoms with Gasteiger partial charge in [0.2, 0.25) is 0 Å². The van der Waals surface area contributed by atoms with Crippen LogP contribution in [0.4, 0.5) is 0 Å². The van der Waals surface area contributed by atoms with Crippen molar-refractivity contribution in [2.75, 3.05) is 0 Å². The Bertz CT molecular complexity index is 2930. The first kappa shape index (κ1) is 34.3. The van der Waals surface area contributed by atoms with Gasteiger partial charge < -0.3 is 0 Å². The van der Waals surface area contributed by atoms with E-state index in [0.717, 1.165) is 89.1 Å². The summed E-state index contributed by atoms with van der Waals surface area (Å²) in [5.41, 5.74) is 16.1. The molecular weight excluding hydrogens is 691 g/mol.